The predicted molar refractivity (Wildman–Crippen MR) is 85.3 cm³/mol. The molecule has 8 nitrogen and oxygen atoms in total. The number of nitrogens with zero attached hydrogens (tertiary/aromatic N) is 1. The zero-order valence-electron chi connectivity index (χ0n) is 12.5. The highest BCUT2D eigenvalue weighted by molar-refractivity contribution is 6.30. The van der Waals surface area contributed by atoms with Gasteiger partial charge in [0.15, 0.2) is 0 Å². The summed E-state index contributed by atoms with van der Waals surface area (Å²) in [6.07, 6.45) is 0. The number of hydrogen-bond donors (Lipinski definition) is 4. The predicted octanol–water partition coefficient (Wildman–Crippen LogP) is 0.928. The smallest absolute Gasteiger partial charge is 0.363 e. The molecule has 1 amide bonds. The van der Waals surface area contributed by atoms with E-state index in [2.05, 4.69) is 15.6 Å². The summed E-state index contributed by atoms with van der Waals surface area (Å²) in [5.41, 5.74) is -2.66. The number of anilines is 1. The Morgan fingerprint density at radius 3 is 2.79 bits per heavy atom. The number of H-pyrrole nitrogens is 1. The standard InChI is InChI=1S/C14H14ClFN4O4/c1-2-17-11-9(13(22)20(24)14(23)19-11)12(21)18-6-7-4-3-5-8(15)10(7)16/h3-5,17,24H,2,6H2,1H3,(H,18,21)(H,19,23). The molecule has 1 heterocycles. The maximum Gasteiger partial charge on any atom is 0.363 e. The molecule has 1 aromatic heterocycles. The van der Waals surface area contributed by atoms with Crippen molar-refractivity contribution < 1.29 is 14.4 Å². The van der Waals surface area contributed by atoms with E-state index in [1.165, 1.54) is 18.2 Å². The van der Waals surface area contributed by atoms with Crippen molar-refractivity contribution in [2.24, 2.45) is 0 Å². The molecule has 10 heteroatoms. The number of aromatic nitrogens is 2. The fourth-order valence-corrected chi connectivity index (χ4v) is 2.19. The molecule has 0 aliphatic heterocycles. The van der Waals surface area contributed by atoms with Crippen LogP contribution in [0, 0.1) is 5.82 Å². The molecule has 2 aromatic rings. The van der Waals surface area contributed by atoms with Crippen LogP contribution in [-0.2, 0) is 6.54 Å². The molecule has 0 fully saturated rings. The minimum atomic E-state index is -1.20. The summed E-state index contributed by atoms with van der Waals surface area (Å²) in [7, 11) is 0. The molecule has 1 aromatic carbocycles. The molecule has 0 aliphatic rings. The lowest BCUT2D eigenvalue weighted by atomic mass is 10.2. The van der Waals surface area contributed by atoms with Crippen molar-refractivity contribution in [3.05, 3.63) is 61.0 Å². The number of carbonyl (C=O) groups excluding carboxylic acids is 1. The summed E-state index contributed by atoms with van der Waals surface area (Å²) >= 11 is 5.65. The Bertz CT molecular complexity index is 893. The van der Waals surface area contributed by atoms with Gasteiger partial charge in [0.25, 0.3) is 5.91 Å². The van der Waals surface area contributed by atoms with E-state index >= 15 is 0 Å². The van der Waals surface area contributed by atoms with Gasteiger partial charge in [-0.05, 0) is 13.0 Å². The molecule has 4 N–H and O–H groups in total. The lowest BCUT2D eigenvalue weighted by molar-refractivity contribution is 0.0939. The van der Waals surface area contributed by atoms with Crippen LogP contribution in [0.5, 0.6) is 0 Å². The van der Waals surface area contributed by atoms with E-state index in [0.29, 0.717) is 6.54 Å². The number of amides is 1. The fraction of sp³-hybridized carbons (Fsp3) is 0.214. The van der Waals surface area contributed by atoms with Crippen LogP contribution in [0.15, 0.2) is 27.8 Å². The third-order valence-corrected chi connectivity index (χ3v) is 3.42. The number of halogens is 2. The van der Waals surface area contributed by atoms with Crippen LogP contribution in [0.25, 0.3) is 0 Å². The number of aromatic amines is 1. The maximum atomic E-state index is 13.8. The quantitative estimate of drug-likeness (QED) is 0.595. The van der Waals surface area contributed by atoms with Crippen molar-refractivity contribution in [3.8, 4) is 0 Å². The van der Waals surface area contributed by atoms with Crippen LogP contribution >= 0.6 is 11.6 Å². The lowest BCUT2D eigenvalue weighted by Gasteiger charge is -2.11. The second kappa shape index (κ2) is 7.18. The van der Waals surface area contributed by atoms with Crippen molar-refractivity contribution in [2.75, 3.05) is 11.9 Å². The van der Waals surface area contributed by atoms with E-state index in [9.17, 15) is 24.0 Å². The zero-order valence-corrected chi connectivity index (χ0v) is 13.3. The molecule has 0 radical (unpaired) electrons. The van der Waals surface area contributed by atoms with Gasteiger partial charge in [-0.15, -0.1) is 0 Å². The van der Waals surface area contributed by atoms with Gasteiger partial charge < -0.3 is 15.8 Å². The molecule has 0 atom stereocenters. The molecule has 0 aliphatic carbocycles. The summed E-state index contributed by atoms with van der Waals surface area (Å²) < 4.78 is 13.6. The molecule has 0 unspecified atom stereocenters. The van der Waals surface area contributed by atoms with Crippen LogP contribution in [0.1, 0.15) is 22.8 Å². The highest BCUT2D eigenvalue weighted by atomic mass is 35.5. The average Bonchev–Trinajstić information content (AvgIpc) is 2.54. The highest BCUT2D eigenvalue weighted by Crippen LogP contribution is 2.17. The molecule has 0 saturated heterocycles. The zero-order chi connectivity index (χ0) is 17.9. The van der Waals surface area contributed by atoms with Crippen LogP contribution in [0.2, 0.25) is 5.02 Å². The minimum absolute atomic E-state index is 0.100. The first-order chi connectivity index (χ1) is 11.4. The van der Waals surface area contributed by atoms with Gasteiger partial charge in [-0.2, -0.15) is 0 Å². The summed E-state index contributed by atoms with van der Waals surface area (Å²) in [6, 6.07) is 4.29. The minimum Gasteiger partial charge on any atom is -0.421 e. The Morgan fingerprint density at radius 1 is 1.42 bits per heavy atom. The Kier molecular flexibility index (Phi) is 5.24. The summed E-state index contributed by atoms with van der Waals surface area (Å²) in [5, 5.41) is 14.3. The number of carbonyl (C=O) groups is 1. The molecule has 24 heavy (non-hydrogen) atoms. The number of nitrogens with one attached hydrogen (secondary N) is 3. The van der Waals surface area contributed by atoms with Crippen LogP contribution in [0.3, 0.4) is 0 Å². The van der Waals surface area contributed by atoms with Gasteiger partial charge in [0, 0.05) is 18.7 Å². The van der Waals surface area contributed by atoms with Gasteiger partial charge in [0.05, 0.1) is 5.02 Å². The number of rotatable bonds is 5. The van der Waals surface area contributed by atoms with Gasteiger partial charge in [0.1, 0.15) is 17.2 Å². The average molecular weight is 357 g/mol. The first kappa shape index (κ1) is 17.5. The topological polar surface area (TPSA) is 116 Å². The third-order valence-electron chi connectivity index (χ3n) is 3.13. The second-order valence-electron chi connectivity index (χ2n) is 4.72. The first-order valence-electron chi connectivity index (χ1n) is 6.90. The van der Waals surface area contributed by atoms with E-state index in [1.807, 2.05) is 0 Å². The molecule has 2 rings (SSSR count). The molecule has 0 bridgehead atoms. The van der Waals surface area contributed by atoms with Gasteiger partial charge in [-0.3, -0.25) is 14.6 Å². The summed E-state index contributed by atoms with van der Waals surface area (Å²) in [6.45, 7) is 1.76. The monoisotopic (exact) mass is 356 g/mol. The van der Waals surface area contributed by atoms with E-state index in [0.717, 1.165) is 0 Å². The summed E-state index contributed by atoms with van der Waals surface area (Å²) in [4.78, 5) is 37.8. The Hall–Kier alpha value is -2.81. The van der Waals surface area contributed by atoms with E-state index in [4.69, 9.17) is 11.6 Å². The largest absolute Gasteiger partial charge is 0.421 e. The second-order valence-corrected chi connectivity index (χ2v) is 5.13. The van der Waals surface area contributed by atoms with Crippen molar-refractivity contribution in [1.29, 1.82) is 0 Å². The van der Waals surface area contributed by atoms with Crippen molar-refractivity contribution in [2.45, 2.75) is 13.5 Å². The van der Waals surface area contributed by atoms with Crippen LogP contribution in [-0.4, -0.2) is 27.4 Å². The van der Waals surface area contributed by atoms with E-state index in [1.54, 1.807) is 6.92 Å². The normalized spacial score (nSPS) is 10.5. The number of hydrogen-bond acceptors (Lipinski definition) is 5. The Labute approximate surface area is 139 Å². The van der Waals surface area contributed by atoms with Crippen molar-refractivity contribution >= 4 is 23.3 Å². The van der Waals surface area contributed by atoms with Gasteiger partial charge in [-0.25, -0.2) is 9.18 Å². The molecule has 0 spiro atoms. The highest BCUT2D eigenvalue weighted by Gasteiger charge is 2.20. The van der Waals surface area contributed by atoms with E-state index < -0.39 is 28.5 Å². The molecule has 0 saturated carbocycles. The molecular weight excluding hydrogens is 343 g/mol. The maximum absolute atomic E-state index is 13.8. The lowest BCUT2D eigenvalue weighted by Crippen LogP contribution is -2.41. The van der Waals surface area contributed by atoms with Crippen molar-refractivity contribution in [1.82, 2.24) is 15.0 Å². The Balaban J connectivity index is 2.33. The SMILES string of the molecule is CCNc1[nH]c(=O)n(O)c(=O)c1C(=O)NCc1cccc(Cl)c1F. The van der Waals surface area contributed by atoms with Gasteiger partial charge >= 0.3 is 11.2 Å². The van der Waals surface area contributed by atoms with Crippen molar-refractivity contribution in [3.63, 3.8) is 0 Å². The Morgan fingerprint density at radius 2 is 2.12 bits per heavy atom. The van der Waals surface area contributed by atoms with E-state index in [-0.39, 0.29) is 27.7 Å². The third kappa shape index (κ3) is 3.40. The summed E-state index contributed by atoms with van der Waals surface area (Å²) in [5.74, 6) is -1.72. The molecule has 128 valence electrons. The van der Waals surface area contributed by atoms with Crippen LogP contribution in [0.4, 0.5) is 10.2 Å². The van der Waals surface area contributed by atoms with Gasteiger partial charge in [-0.1, -0.05) is 28.5 Å². The van der Waals surface area contributed by atoms with Crippen LogP contribution < -0.4 is 21.9 Å². The van der Waals surface area contributed by atoms with Gasteiger partial charge in [0.2, 0.25) is 0 Å². The first-order valence-corrected chi connectivity index (χ1v) is 7.28. The number of benzene rings is 1. The fourth-order valence-electron chi connectivity index (χ4n) is 2.00. The molecular formula is C14H14ClFN4O4.